The summed E-state index contributed by atoms with van der Waals surface area (Å²) < 4.78 is 0. The minimum atomic E-state index is -0.233. The molecule has 0 radical (unpaired) electrons. The standard InChI is InChI=1S/C22H27N3O2/c1-16(2)21(26)25-14-6-9-18-10-11-19(15-20(18)25)24-22(27)23-13-12-17-7-4-3-5-8-17/h3-5,7-8,10-11,15-16H,6,9,12-14H2,1-2H3,(H2,23,24,27). The predicted molar refractivity (Wildman–Crippen MR) is 109 cm³/mol. The highest BCUT2D eigenvalue weighted by Crippen LogP contribution is 2.31. The molecule has 5 heteroatoms. The second-order valence-corrected chi connectivity index (χ2v) is 7.21. The lowest BCUT2D eigenvalue weighted by Crippen LogP contribution is -2.38. The van der Waals surface area contributed by atoms with Gasteiger partial charge in [-0.25, -0.2) is 4.79 Å². The molecular weight excluding hydrogens is 338 g/mol. The van der Waals surface area contributed by atoms with Crippen LogP contribution in [0, 0.1) is 5.92 Å². The summed E-state index contributed by atoms with van der Waals surface area (Å²) in [6.45, 7) is 5.13. The first kappa shape index (κ1) is 19.0. The van der Waals surface area contributed by atoms with Gasteiger partial charge in [-0.3, -0.25) is 4.79 Å². The lowest BCUT2D eigenvalue weighted by Gasteiger charge is -2.31. The fraction of sp³-hybridized carbons (Fsp3) is 0.364. The maximum absolute atomic E-state index is 12.5. The van der Waals surface area contributed by atoms with E-state index < -0.39 is 0 Å². The van der Waals surface area contributed by atoms with E-state index in [1.165, 1.54) is 5.56 Å². The molecule has 0 bridgehead atoms. The summed E-state index contributed by atoms with van der Waals surface area (Å²) in [4.78, 5) is 26.5. The number of carbonyl (C=O) groups excluding carboxylic acids is 2. The van der Waals surface area contributed by atoms with Gasteiger partial charge in [0.15, 0.2) is 0 Å². The molecular formula is C22H27N3O2. The Hall–Kier alpha value is -2.82. The second-order valence-electron chi connectivity index (χ2n) is 7.21. The summed E-state index contributed by atoms with van der Waals surface area (Å²) in [6.07, 6.45) is 2.72. The van der Waals surface area contributed by atoms with Crippen LogP contribution in [0.1, 0.15) is 31.4 Å². The van der Waals surface area contributed by atoms with Crippen molar-refractivity contribution in [2.75, 3.05) is 23.3 Å². The van der Waals surface area contributed by atoms with Crippen molar-refractivity contribution in [3.05, 3.63) is 59.7 Å². The van der Waals surface area contributed by atoms with Crippen LogP contribution in [0.25, 0.3) is 0 Å². The fourth-order valence-corrected chi connectivity index (χ4v) is 3.33. The second kappa shape index (κ2) is 8.71. The summed E-state index contributed by atoms with van der Waals surface area (Å²) in [6, 6.07) is 15.6. The molecule has 0 saturated carbocycles. The molecule has 0 atom stereocenters. The predicted octanol–water partition coefficient (Wildman–Crippen LogP) is 3.99. The van der Waals surface area contributed by atoms with Crippen molar-refractivity contribution in [1.29, 1.82) is 0 Å². The monoisotopic (exact) mass is 365 g/mol. The lowest BCUT2D eigenvalue weighted by atomic mass is 9.99. The molecule has 2 N–H and O–H groups in total. The molecule has 2 aromatic rings. The van der Waals surface area contributed by atoms with Crippen molar-refractivity contribution in [2.24, 2.45) is 5.92 Å². The van der Waals surface area contributed by atoms with Crippen molar-refractivity contribution in [3.8, 4) is 0 Å². The van der Waals surface area contributed by atoms with Crippen LogP contribution in [0.15, 0.2) is 48.5 Å². The van der Waals surface area contributed by atoms with Gasteiger partial charge >= 0.3 is 6.03 Å². The van der Waals surface area contributed by atoms with Crippen LogP contribution >= 0.6 is 0 Å². The third kappa shape index (κ3) is 4.88. The maximum atomic E-state index is 12.5. The molecule has 1 aliphatic heterocycles. The van der Waals surface area contributed by atoms with Gasteiger partial charge in [0.25, 0.3) is 0 Å². The van der Waals surface area contributed by atoms with Gasteiger partial charge < -0.3 is 15.5 Å². The largest absolute Gasteiger partial charge is 0.338 e. The Bertz CT molecular complexity index is 802. The molecule has 27 heavy (non-hydrogen) atoms. The zero-order valence-electron chi connectivity index (χ0n) is 16.0. The molecule has 3 rings (SSSR count). The van der Waals surface area contributed by atoms with E-state index >= 15 is 0 Å². The number of carbonyl (C=O) groups is 2. The van der Waals surface area contributed by atoms with E-state index in [1.807, 2.05) is 67.3 Å². The normalized spacial score (nSPS) is 13.2. The van der Waals surface area contributed by atoms with Crippen molar-refractivity contribution >= 4 is 23.3 Å². The third-order valence-corrected chi connectivity index (χ3v) is 4.76. The van der Waals surface area contributed by atoms with Crippen LogP contribution in [0.3, 0.4) is 0 Å². The van der Waals surface area contributed by atoms with Gasteiger partial charge in [0.05, 0.1) is 0 Å². The zero-order valence-corrected chi connectivity index (χ0v) is 16.0. The average Bonchev–Trinajstić information content (AvgIpc) is 2.67. The van der Waals surface area contributed by atoms with Crippen molar-refractivity contribution in [3.63, 3.8) is 0 Å². The van der Waals surface area contributed by atoms with Crippen LogP contribution in [0.4, 0.5) is 16.2 Å². The van der Waals surface area contributed by atoms with Gasteiger partial charge in [-0.05, 0) is 42.5 Å². The van der Waals surface area contributed by atoms with Crippen LogP contribution in [0.2, 0.25) is 0 Å². The molecule has 0 spiro atoms. The Labute approximate surface area is 160 Å². The number of amides is 3. The summed E-state index contributed by atoms with van der Waals surface area (Å²) >= 11 is 0. The Morgan fingerprint density at radius 1 is 1.11 bits per heavy atom. The number of urea groups is 1. The highest BCUT2D eigenvalue weighted by molar-refractivity contribution is 5.97. The highest BCUT2D eigenvalue weighted by Gasteiger charge is 2.24. The number of aryl methyl sites for hydroxylation is 1. The smallest absolute Gasteiger partial charge is 0.319 e. The van der Waals surface area contributed by atoms with E-state index in [9.17, 15) is 9.59 Å². The Balaban J connectivity index is 1.61. The maximum Gasteiger partial charge on any atom is 0.319 e. The van der Waals surface area contributed by atoms with Gasteiger partial charge in [0, 0.05) is 30.4 Å². The topological polar surface area (TPSA) is 61.4 Å². The number of nitrogens with one attached hydrogen (secondary N) is 2. The number of nitrogens with zero attached hydrogens (tertiary/aromatic N) is 1. The minimum absolute atomic E-state index is 0.0474. The molecule has 0 saturated heterocycles. The van der Waals surface area contributed by atoms with Gasteiger partial charge in [0.2, 0.25) is 5.91 Å². The first-order chi connectivity index (χ1) is 13.0. The molecule has 142 valence electrons. The number of rotatable bonds is 5. The van der Waals surface area contributed by atoms with E-state index in [1.54, 1.807) is 0 Å². The minimum Gasteiger partial charge on any atom is -0.338 e. The number of anilines is 2. The highest BCUT2D eigenvalue weighted by atomic mass is 16.2. The van der Waals surface area contributed by atoms with E-state index in [-0.39, 0.29) is 17.9 Å². The van der Waals surface area contributed by atoms with Crippen LogP contribution in [-0.2, 0) is 17.6 Å². The number of fused-ring (bicyclic) bond motifs is 1. The van der Waals surface area contributed by atoms with Crippen LogP contribution in [0.5, 0.6) is 0 Å². The SMILES string of the molecule is CC(C)C(=O)N1CCCc2ccc(NC(=O)NCCc3ccccc3)cc21. The number of hydrogen-bond acceptors (Lipinski definition) is 2. The third-order valence-electron chi connectivity index (χ3n) is 4.76. The van der Waals surface area contributed by atoms with Crippen molar-refractivity contribution < 1.29 is 9.59 Å². The van der Waals surface area contributed by atoms with Crippen LogP contribution < -0.4 is 15.5 Å². The van der Waals surface area contributed by atoms with Gasteiger partial charge in [-0.2, -0.15) is 0 Å². The quantitative estimate of drug-likeness (QED) is 0.842. The van der Waals surface area contributed by atoms with Gasteiger partial charge in [-0.1, -0.05) is 50.2 Å². The summed E-state index contributed by atoms with van der Waals surface area (Å²) in [5, 5.41) is 5.76. The molecule has 0 aromatic heterocycles. The van der Waals surface area contributed by atoms with Gasteiger partial charge in [0.1, 0.15) is 0 Å². The summed E-state index contributed by atoms with van der Waals surface area (Å²) in [7, 11) is 0. The number of benzene rings is 2. The van der Waals surface area contributed by atoms with E-state index in [0.717, 1.165) is 37.1 Å². The van der Waals surface area contributed by atoms with Crippen LogP contribution in [-0.4, -0.2) is 25.0 Å². The van der Waals surface area contributed by atoms with Crippen molar-refractivity contribution in [2.45, 2.75) is 33.1 Å². The Kier molecular flexibility index (Phi) is 6.12. The molecule has 0 aliphatic carbocycles. The van der Waals surface area contributed by atoms with E-state index in [2.05, 4.69) is 10.6 Å². The molecule has 2 aromatic carbocycles. The number of hydrogen-bond donors (Lipinski definition) is 2. The zero-order chi connectivity index (χ0) is 19.2. The summed E-state index contributed by atoms with van der Waals surface area (Å²) in [5.74, 6) is 0.0780. The first-order valence-electron chi connectivity index (χ1n) is 9.57. The van der Waals surface area contributed by atoms with E-state index in [4.69, 9.17) is 0 Å². The van der Waals surface area contributed by atoms with Gasteiger partial charge in [-0.15, -0.1) is 0 Å². The van der Waals surface area contributed by atoms with E-state index in [0.29, 0.717) is 12.2 Å². The average molecular weight is 365 g/mol. The molecule has 1 heterocycles. The molecule has 1 aliphatic rings. The molecule has 5 nitrogen and oxygen atoms in total. The Morgan fingerprint density at radius 3 is 2.63 bits per heavy atom. The molecule has 3 amide bonds. The first-order valence-corrected chi connectivity index (χ1v) is 9.57. The van der Waals surface area contributed by atoms with Crippen molar-refractivity contribution in [1.82, 2.24) is 5.32 Å². The Morgan fingerprint density at radius 2 is 1.89 bits per heavy atom. The molecule has 0 unspecified atom stereocenters. The summed E-state index contributed by atoms with van der Waals surface area (Å²) in [5.41, 5.74) is 3.97. The molecule has 0 fully saturated rings. The lowest BCUT2D eigenvalue weighted by molar-refractivity contribution is -0.121. The fourth-order valence-electron chi connectivity index (χ4n) is 3.33.